The monoisotopic (exact) mass is 223 g/mol. The largest absolute Gasteiger partial charge is 0.328 e. The van der Waals surface area contributed by atoms with Crippen LogP contribution in [0.25, 0.3) is 0 Å². The SMILES string of the molecule is Cn1ccn(Cc2ccnc(Cl)c2)c1=O. The van der Waals surface area contributed by atoms with Crippen LogP contribution in [0.1, 0.15) is 5.56 Å². The van der Waals surface area contributed by atoms with E-state index in [-0.39, 0.29) is 5.69 Å². The first kappa shape index (κ1) is 9.98. The van der Waals surface area contributed by atoms with Crippen molar-refractivity contribution in [2.75, 3.05) is 0 Å². The Labute approximate surface area is 91.8 Å². The van der Waals surface area contributed by atoms with Gasteiger partial charge in [0.15, 0.2) is 0 Å². The van der Waals surface area contributed by atoms with Crippen molar-refractivity contribution in [2.24, 2.45) is 7.05 Å². The summed E-state index contributed by atoms with van der Waals surface area (Å²) in [6.45, 7) is 0.516. The summed E-state index contributed by atoms with van der Waals surface area (Å²) in [5.74, 6) is 0. The molecule has 15 heavy (non-hydrogen) atoms. The third kappa shape index (κ3) is 2.10. The third-order valence-corrected chi connectivity index (χ3v) is 2.37. The molecule has 0 bridgehead atoms. The van der Waals surface area contributed by atoms with Crippen LogP contribution in [0.2, 0.25) is 5.15 Å². The Morgan fingerprint density at radius 2 is 2.27 bits per heavy atom. The molecule has 2 aromatic heterocycles. The average molecular weight is 224 g/mol. The number of nitrogens with zero attached hydrogens (tertiary/aromatic N) is 3. The first-order chi connectivity index (χ1) is 7.16. The van der Waals surface area contributed by atoms with Crippen LogP contribution in [-0.2, 0) is 13.6 Å². The van der Waals surface area contributed by atoms with Crippen LogP contribution in [0.4, 0.5) is 0 Å². The van der Waals surface area contributed by atoms with Gasteiger partial charge in [-0.2, -0.15) is 0 Å². The van der Waals surface area contributed by atoms with Gasteiger partial charge in [0, 0.05) is 25.6 Å². The summed E-state index contributed by atoms with van der Waals surface area (Å²) in [7, 11) is 1.72. The Hall–Kier alpha value is -1.55. The van der Waals surface area contributed by atoms with Crippen molar-refractivity contribution in [3.05, 3.63) is 51.9 Å². The molecule has 0 saturated carbocycles. The van der Waals surface area contributed by atoms with Crippen molar-refractivity contribution in [3.8, 4) is 0 Å². The van der Waals surface area contributed by atoms with Crippen LogP contribution in [0.5, 0.6) is 0 Å². The highest BCUT2D eigenvalue weighted by molar-refractivity contribution is 6.29. The molecular formula is C10H10ClN3O. The van der Waals surface area contributed by atoms with Crippen LogP contribution >= 0.6 is 11.6 Å². The van der Waals surface area contributed by atoms with E-state index in [1.54, 1.807) is 36.3 Å². The Morgan fingerprint density at radius 1 is 1.47 bits per heavy atom. The molecule has 0 amide bonds. The van der Waals surface area contributed by atoms with E-state index in [1.807, 2.05) is 6.07 Å². The number of imidazole rings is 1. The molecule has 2 heterocycles. The summed E-state index contributed by atoms with van der Waals surface area (Å²) in [4.78, 5) is 15.4. The molecule has 0 aromatic carbocycles. The smallest absolute Gasteiger partial charge is 0.302 e. The topological polar surface area (TPSA) is 39.8 Å². The predicted octanol–water partition coefficient (Wildman–Crippen LogP) is 1.28. The van der Waals surface area contributed by atoms with Gasteiger partial charge in [0.2, 0.25) is 0 Å². The van der Waals surface area contributed by atoms with E-state index in [4.69, 9.17) is 11.6 Å². The van der Waals surface area contributed by atoms with Gasteiger partial charge in [0.1, 0.15) is 5.15 Å². The fourth-order valence-electron chi connectivity index (χ4n) is 1.37. The summed E-state index contributed by atoms with van der Waals surface area (Å²) < 4.78 is 3.15. The molecular weight excluding hydrogens is 214 g/mol. The summed E-state index contributed by atoms with van der Waals surface area (Å²) in [5.41, 5.74) is 0.922. The van der Waals surface area contributed by atoms with E-state index in [9.17, 15) is 4.79 Å². The predicted molar refractivity (Wildman–Crippen MR) is 58.0 cm³/mol. The van der Waals surface area contributed by atoms with Gasteiger partial charge in [-0.15, -0.1) is 0 Å². The van der Waals surface area contributed by atoms with Gasteiger partial charge in [-0.05, 0) is 17.7 Å². The van der Waals surface area contributed by atoms with Gasteiger partial charge in [-0.25, -0.2) is 9.78 Å². The number of hydrogen-bond acceptors (Lipinski definition) is 2. The van der Waals surface area contributed by atoms with Crippen molar-refractivity contribution < 1.29 is 0 Å². The lowest BCUT2D eigenvalue weighted by atomic mass is 10.3. The minimum Gasteiger partial charge on any atom is -0.302 e. The maximum atomic E-state index is 11.5. The van der Waals surface area contributed by atoms with E-state index in [1.165, 1.54) is 4.57 Å². The van der Waals surface area contributed by atoms with Crippen molar-refractivity contribution in [3.63, 3.8) is 0 Å². The highest BCUT2D eigenvalue weighted by Gasteiger charge is 2.01. The number of hydrogen-bond donors (Lipinski definition) is 0. The van der Waals surface area contributed by atoms with Crippen molar-refractivity contribution in [1.82, 2.24) is 14.1 Å². The summed E-state index contributed by atoms with van der Waals surface area (Å²) >= 11 is 5.75. The third-order valence-electron chi connectivity index (χ3n) is 2.16. The Morgan fingerprint density at radius 3 is 2.87 bits per heavy atom. The van der Waals surface area contributed by atoms with E-state index in [0.717, 1.165) is 5.56 Å². The molecule has 2 aromatic rings. The van der Waals surface area contributed by atoms with Crippen LogP contribution in [0.15, 0.2) is 35.5 Å². The highest BCUT2D eigenvalue weighted by Crippen LogP contribution is 2.07. The molecule has 5 heteroatoms. The average Bonchev–Trinajstić information content (AvgIpc) is 2.50. The number of aryl methyl sites for hydroxylation is 1. The molecule has 0 radical (unpaired) electrons. The standard InChI is InChI=1S/C10H10ClN3O/c1-13-4-5-14(10(13)15)7-8-2-3-12-9(11)6-8/h2-6H,7H2,1H3. The zero-order valence-corrected chi connectivity index (χ0v) is 8.98. The highest BCUT2D eigenvalue weighted by atomic mass is 35.5. The fraction of sp³-hybridized carbons (Fsp3) is 0.200. The molecule has 0 aliphatic rings. The summed E-state index contributed by atoms with van der Waals surface area (Å²) in [6, 6.07) is 3.59. The number of halogens is 1. The lowest BCUT2D eigenvalue weighted by Crippen LogP contribution is -2.22. The van der Waals surface area contributed by atoms with E-state index in [2.05, 4.69) is 4.98 Å². The number of pyridine rings is 1. The molecule has 2 rings (SSSR count). The summed E-state index contributed by atoms with van der Waals surface area (Å²) in [5, 5.41) is 0.441. The van der Waals surface area contributed by atoms with Gasteiger partial charge >= 0.3 is 5.69 Å². The lowest BCUT2D eigenvalue weighted by Gasteiger charge is -2.01. The number of rotatable bonds is 2. The molecule has 0 aliphatic heterocycles. The van der Waals surface area contributed by atoms with E-state index >= 15 is 0 Å². The Balaban J connectivity index is 2.30. The maximum absolute atomic E-state index is 11.5. The lowest BCUT2D eigenvalue weighted by molar-refractivity contribution is 0.717. The normalized spacial score (nSPS) is 10.5. The van der Waals surface area contributed by atoms with Crippen LogP contribution in [0.3, 0.4) is 0 Å². The molecule has 78 valence electrons. The molecule has 0 N–H and O–H groups in total. The second-order valence-electron chi connectivity index (χ2n) is 3.31. The van der Waals surface area contributed by atoms with Crippen molar-refractivity contribution in [2.45, 2.75) is 6.54 Å². The molecule has 0 saturated heterocycles. The van der Waals surface area contributed by atoms with Crippen molar-refractivity contribution in [1.29, 1.82) is 0 Å². The van der Waals surface area contributed by atoms with Gasteiger partial charge < -0.3 is 4.57 Å². The van der Waals surface area contributed by atoms with Crippen LogP contribution in [0, 0.1) is 0 Å². The maximum Gasteiger partial charge on any atom is 0.328 e. The molecule has 0 aliphatic carbocycles. The van der Waals surface area contributed by atoms with Gasteiger partial charge in [-0.3, -0.25) is 4.57 Å². The summed E-state index contributed by atoms with van der Waals surface area (Å²) in [6.07, 6.45) is 5.10. The van der Waals surface area contributed by atoms with E-state index < -0.39 is 0 Å². The van der Waals surface area contributed by atoms with E-state index in [0.29, 0.717) is 11.7 Å². The second-order valence-corrected chi connectivity index (χ2v) is 3.69. The Bertz CT molecular complexity index is 529. The number of aromatic nitrogens is 3. The van der Waals surface area contributed by atoms with Crippen LogP contribution in [-0.4, -0.2) is 14.1 Å². The zero-order valence-electron chi connectivity index (χ0n) is 8.22. The van der Waals surface area contributed by atoms with Crippen LogP contribution < -0.4 is 5.69 Å². The van der Waals surface area contributed by atoms with Gasteiger partial charge in [0.25, 0.3) is 0 Å². The quantitative estimate of drug-likeness (QED) is 0.720. The molecule has 0 atom stereocenters. The molecule has 0 spiro atoms. The minimum absolute atomic E-state index is 0.0389. The molecule has 0 unspecified atom stereocenters. The Kier molecular flexibility index (Phi) is 2.60. The minimum atomic E-state index is -0.0389. The molecule has 0 fully saturated rings. The zero-order chi connectivity index (χ0) is 10.8. The second kappa shape index (κ2) is 3.90. The van der Waals surface area contributed by atoms with Gasteiger partial charge in [-0.1, -0.05) is 11.6 Å². The first-order valence-corrected chi connectivity index (χ1v) is 4.87. The molecule has 4 nitrogen and oxygen atoms in total. The first-order valence-electron chi connectivity index (χ1n) is 4.49. The fourth-order valence-corrected chi connectivity index (χ4v) is 1.57. The van der Waals surface area contributed by atoms with Crippen molar-refractivity contribution >= 4 is 11.6 Å². The van der Waals surface area contributed by atoms with Gasteiger partial charge in [0.05, 0.1) is 6.54 Å².